The predicted molar refractivity (Wildman–Crippen MR) is 98.9 cm³/mol. The number of rotatable bonds is 6. The van der Waals surface area contributed by atoms with Gasteiger partial charge in [-0.15, -0.1) is 0 Å². The quantitative estimate of drug-likeness (QED) is 0.605. The number of amides is 1. The van der Waals surface area contributed by atoms with Crippen LogP contribution in [0.2, 0.25) is 5.02 Å². The zero-order valence-corrected chi connectivity index (χ0v) is 15.2. The van der Waals surface area contributed by atoms with E-state index in [1.54, 1.807) is 0 Å². The highest BCUT2D eigenvalue weighted by atomic mass is 35.5. The summed E-state index contributed by atoms with van der Waals surface area (Å²) in [5, 5.41) is 1.69. The van der Waals surface area contributed by atoms with E-state index < -0.39 is 0 Å². The molecule has 0 aliphatic heterocycles. The van der Waals surface area contributed by atoms with Gasteiger partial charge in [0.2, 0.25) is 0 Å². The van der Waals surface area contributed by atoms with Crippen molar-refractivity contribution in [3.05, 3.63) is 35.0 Å². The Morgan fingerprint density at radius 3 is 2.46 bits per heavy atom. The second-order valence-corrected chi connectivity index (χ2v) is 6.46. The molecule has 0 atom stereocenters. The maximum Gasteiger partial charge on any atom is 0.289 e. The average Bonchev–Trinajstić information content (AvgIpc) is 3.10. The highest BCUT2D eigenvalue weighted by Crippen LogP contribution is 2.33. The monoisotopic (exact) mass is 346 g/mol. The Labute approximate surface area is 147 Å². The normalized spacial score (nSPS) is 11.5. The second kappa shape index (κ2) is 6.89. The van der Waals surface area contributed by atoms with Crippen LogP contribution in [-0.4, -0.2) is 28.5 Å². The van der Waals surface area contributed by atoms with Gasteiger partial charge < -0.3 is 13.9 Å². The fourth-order valence-corrected chi connectivity index (χ4v) is 3.45. The standard InChI is InChI=1S/C19H23ClN2O2/c1-4-9-21(10-5-2)19(23)17-12-16-18(24-17)14-8-7-13(20)11-15(14)22(16)6-3/h7-8,11-12H,4-6,9-10H2,1-3H3. The van der Waals surface area contributed by atoms with Gasteiger partial charge in [0.1, 0.15) is 0 Å². The van der Waals surface area contributed by atoms with Crippen molar-refractivity contribution in [2.75, 3.05) is 13.1 Å². The maximum absolute atomic E-state index is 12.8. The van der Waals surface area contributed by atoms with Gasteiger partial charge in [0.05, 0.1) is 11.0 Å². The summed E-state index contributed by atoms with van der Waals surface area (Å²) >= 11 is 6.13. The van der Waals surface area contributed by atoms with E-state index >= 15 is 0 Å². The molecule has 2 aromatic heterocycles. The number of hydrogen-bond donors (Lipinski definition) is 0. The van der Waals surface area contributed by atoms with Gasteiger partial charge in [0, 0.05) is 36.1 Å². The molecule has 0 saturated carbocycles. The van der Waals surface area contributed by atoms with Crippen LogP contribution in [0.15, 0.2) is 28.7 Å². The van der Waals surface area contributed by atoms with Crippen LogP contribution in [0.4, 0.5) is 0 Å². The van der Waals surface area contributed by atoms with E-state index in [9.17, 15) is 4.79 Å². The van der Waals surface area contributed by atoms with Gasteiger partial charge in [-0.05, 0) is 38.0 Å². The molecule has 0 spiro atoms. The van der Waals surface area contributed by atoms with E-state index in [1.165, 1.54) is 0 Å². The molecule has 4 nitrogen and oxygen atoms in total. The molecule has 5 heteroatoms. The number of furan rings is 1. The van der Waals surface area contributed by atoms with Crippen LogP contribution in [-0.2, 0) is 6.54 Å². The molecule has 0 fully saturated rings. The first-order valence-corrected chi connectivity index (χ1v) is 8.99. The van der Waals surface area contributed by atoms with Crippen LogP contribution < -0.4 is 0 Å². The largest absolute Gasteiger partial charge is 0.449 e. The van der Waals surface area contributed by atoms with Crippen LogP contribution in [0.25, 0.3) is 22.0 Å². The van der Waals surface area contributed by atoms with Crippen molar-refractivity contribution in [1.82, 2.24) is 9.47 Å². The molecule has 0 radical (unpaired) electrons. The van der Waals surface area contributed by atoms with Gasteiger partial charge in [0.15, 0.2) is 11.3 Å². The number of aromatic nitrogens is 1. The minimum atomic E-state index is -0.0281. The Kier molecular flexibility index (Phi) is 4.86. The summed E-state index contributed by atoms with van der Waals surface area (Å²) in [6.07, 6.45) is 1.88. The van der Waals surface area contributed by atoms with Crippen molar-refractivity contribution in [3.63, 3.8) is 0 Å². The van der Waals surface area contributed by atoms with Gasteiger partial charge >= 0.3 is 0 Å². The Morgan fingerprint density at radius 1 is 1.12 bits per heavy atom. The third-order valence-electron chi connectivity index (χ3n) is 4.30. The molecule has 0 bridgehead atoms. The zero-order valence-electron chi connectivity index (χ0n) is 14.4. The topological polar surface area (TPSA) is 38.4 Å². The molecule has 0 saturated heterocycles. The molecule has 0 N–H and O–H groups in total. The lowest BCUT2D eigenvalue weighted by molar-refractivity contribution is 0.0726. The van der Waals surface area contributed by atoms with Gasteiger partial charge in [-0.1, -0.05) is 25.4 Å². The number of carbonyl (C=O) groups excluding carboxylic acids is 1. The number of fused-ring (bicyclic) bond motifs is 3. The van der Waals surface area contributed by atoms with E-state index in [4.69, 9.17) is 16.0 Å². The molecular formula is C19H23ClN2O2. The summed E-state index contributed by atoms with van der Waals surface area (Å²) in [7, 11) is 0. The third-order valence-corrected chi connectivity index (χ3v) is 4.53. The predicted octanol–water partition coefficient (Wildman–Crippen LogP) is 5.32. The maximum atomic E-state index is 12.8. The number of benzene rings is 1. The molecule has 0 unspecified atom stereocenters. The van der Waals surface area contributed by atoms with Crippen molar-refractivity contribution in [1.29, 1.82) is 0 Å². The molecule has 1 amide bonds. The minimum Gasteiger partial charge on any atom is -0.449 e. The Bertz CT molecular complexity index is 872. The fourth-order valence-electron chi connectivity index (χ4n) is 3.28. The molecule has 3 rings (SSSR count). The SMILES string of the molecule is CCCN(CCC)C(=O)c1cc2c(o1)c1ccc(Cl)cc1n2CC. The lowest BCUT2D eigenvalue weighted by Gasteiger charge is -2.19. The van der Waals surface area contributed by atoms with E-state index in [2.05, 4.69) is 25.3 Å². The number of aryl methyl sites for hydroxylation is 1. The summed E-state index contributed by atoms with van der Waals surface area (Å²) in [4.78, 5) is 14.7. The van der Waals surface area contributed by atoms with Crippen molar-refractivity contribution < 1.29 is 9.21 Å². The van der Waals surface area contributed by atoms with Crippen LogP contribution in [0.3, 0.4) is 0 Å². The molecule has 2 heterocycles. The molecule has 128 valence electrons. The van der Waals surface area contributed by atoms with Gasteiger partial charge in [0.25, 0.3) is 5.91 Å². The van der Waals surface area contributed by atoms with Crippen molar-refractivity contribution >= 4 is 39.5 Å². The van der Waals surface area contributed by atoms with Crippen molar-refractivity contribution in [2.24, 2.45) is 0 Å². The van der Waals surface area contributed by atoms with Crippen LogP contribution >= 0.6 is 11.6 Å². The smallest absolute Gasteiger partial charge is 0.289 e. The number of carbonyl (C=O) groups is 1. The van der Waals surface area contributed by atoms with E-state index in [0.717, 1.165) is 54.5 Å². The van der Waals surface area contributed by atoms with E-state index in [0.29, 0.717) is 10.8 Å². The van der Waals surface area contributed by atoms with Crippen LogP contribution in [0, 0.1) is 0 Å². The molecule has 0 aliphatic carbocycles. The highest BCUT2D eigenvalue weighted by Gasteiger charge is 2.22. The van der Waals surface area contributed by atoms with Crippen molar-refractivity contribution in [2.45, 2.75) is 40.2 Å². The highest BCUT2D eigenvalue weighted by molar-refractivity contribution is 6.31. The lowest BCUT2D eigenvalue weighted by atomic mass is 10.2. The summed E-state index contributed by atoms with van der Waals surface area (Å²) in [5.41, 5.74) is 2.75. The Hall–Kier alpha value is -1.94. The summed E-state index contributed by atoms with van der Waals surface area (Å²) in [5.74, 6) is 0.389. The fraction of sp³-hybridized carbons (Fsp3) is 0.421. The molecule has 24 heavy (non-hydrogen) atoms. The summed E-state index contributed by atoms with van der Waals surface area (Å²) in [6.45, 7) is 8.53. The van der Waals surface area contributed by atoms with Crippen LogP contribution in [0.5, 0.6) is 0 Å². The minimum absolute atomic E-state index is 0.0281. The van der Waals surface area contributed by atoms with Crippen LogP contribution in [0.1, 0.15) is 44.2 Å². The second-order valence-electron chi connectivity index (χ2n) is 6.02. The van der Waals surface area contributed by atoms with E-state index in [-0.39, 0.29) is 5.91 Å². The first-order valence-electron chi connectivity index (χ1n) is 8.61. The van der Waals surface area contributed by atoms with E-state index in [1.807, 2.05) is 29.2 Å². The van der Waals surface area contributed by atoms with Gasteiger partial charge in [-0.3, -0.25) is 4.79 Å². The molecule has 0 aliphatic rings. The first kappa shape index (κ1) is 16.9. The molecular weight excluding hydrogens is 324 g/mol. The van der Waals surface area contributed by atoms with Crippen molar-refractivity contribution in [3.8, 4) is 0 Å². The first-order chi connectivity index (χ1) is 11.6. The summed E-state index contributed by atoms with van der Waals surface area (Å²) < 4.78 is 8.12. The Morgan fingerprint density at radius 2 is 1.83 bits per heavy atom. The third kappa shape index (κ3) is 2.80. The number of nitrogens with zero attached hydrogens (tertiary/aromatic N) is 2. The van der Waals surface area contributed by atoms with Gasteiger partial charge in [-0.25, -0.2) is 0 Å². The molecule has 3 aromatic rings. The van der Waals surface area contributed by atoms with Gasteiger partial charge in [-0.2, -0.15) is 0 Å². The molecule has 1 aromatic carbocycles. The number of halogens is 1. The zero-order chi connectivity index (χ0) is 17.3. The summed E-state index contributed by atoms with van der Waals surface area (Å²) in [6, 6.07) is 7.62. The Balaban J connectivity index is 2.10. The lowest BCUT2D eigenvalue weighted by Crippen LogP contribution is -2.32. The average molecular weight is 347 g/mol. The number of hydrogen-bond acceptors (Lipinski definition) is 2.